The Balaban J connectivity index is 1.58. The van der Waals surface area contributed by atoms with Crippen LogP contribution in [0.15, 0.2) is 58.1 Å². The molecule has 0 aliphatic heterocycles. The van der Waals surface area contributed by atoms with E-state index in [4.69, 9.17) is 4.74 Å². The van der Waals surface area contributed by atoms with Gasteiger partial charge in [0.15, 0.2) is 12.4 Å². The van der Waals surface area contributed by atoms with Gasteiger partial charge in [0.05, 0.1) is 23.7 Å². The molecule has 0 saturated heterocycles. The van der Waals surface area contributed by atoms with E-state index in [1.807, 2.05) is 25.1 Å². The van der Waals surface area contributed by atoms with Crippen molar-refractivity contribution in [3.8, 4) is 0 Å². The van der Waals surface area contributed by atoms with E-state index in [2.05, 4.69) is 20.9 Å². The summed E-state index contributed by atoms with van der Waals surface area (Å²) >= 11 is 3.33. The number of carbonyl (C=O) groups is 2. The third-order valence-corrected chi connectivity index (χ3v) is 4.57. The molecular weight excluding hydrogens is 412 g/mol. The summed E-state index contributed by atoms with van der Waals surface area (Å²) in [6.45, 7) is 1.74. The van der Waals surface area contributed by atoms with Crippen molar-refractivity contribution in [2.75, 3.05) is 6.61 Å². The molecule has 2 aromatic carbocycles. The minimum Gasteiger partial charge on any atom is -0.457 e. The number of nitrogens with zero attached hydrogens (tertiary/aromatic N) is 2. The molecule has 0 atom stereocenters. The highest BCUT2D eigenvalue weighted by Gasteiger charge is 2.11. The summed E-state index contributed by atoms with van der Waals surface area (Å²) in [6, 6.07) is 12.3. The topological polar surface area (TPSA) is 78.3 Å². The average molecular weight is 429 g/mol. The molecule has 138 valence electrons. The molecule has 0 saturated carbocycles. The molecule has 0 spiro atoms. The van der Waals surface area contributed by atoms with Crippen molar-refractivity contribution in [1.82, 2.24) is 9.55 Å². The third kappa shape index (κ3) is 4.68. The van der Waals surface area contributed by atoms with E-state index in [0.29, 0.717) is 16.5 Å². The molecule has 3 rings (SSSR count). The molecule has 0 aliphatic carbocycles. The van der Waals surface area contributed by atoms with Gasteiger partial charge in [-0.25, -0.2) is 4.98 Å². The van der Waals surface area contributed by atoms with Gasteiger partial charge in [0.2, 0.25) is 0 Å². The standard InChI is InChI=1S/C20H17BrN2O4/c1-13-2-4-14(5-3-13)18(24)11-27-19(25)8-9-23-12-22-17-7-6-15(21)10-16(17)20(23)26/h2-7,10,12H,8-9,11H2,1H3. The SMILES string of the molecule is Cc1ccc(C(=O)COC(=O)CCn2cnc3ccc(Br)cc3c2=O)cc1. The molecule has 1 aromatic heterocycles. The molecule has 0 amide bonds. The highest BCUT2D eigenvalue weighted by Crippen LogP contribution is 2.14. The molecule has 7 heteroatoms. The number of Topliss-reactive ketones (excluding diaryl/α,β-unsaturated/α-hetero) is 1. The van der Waals surface area contributed by atoms with Gasteiger partial charge in [0.25, 0.3) is 5.56 Å². The summed E-state index contributed by atoms with van der Waals surface area (Å²) in [5.41, 5.74) is 1.90. The van der Waals surface area contributed by atoms with Crippen LogP contribution < -0.4 is 5.56 Å². The summed E-state index contributed by atoms with van der Waals surface area (Å²) < 4.78 is 7.16. The lowest BCUT2D eigenvalue weighted by Crippen LogP contribution is -2.23. The maximum atomic E-state index is 12.5. The number of benzene rings is 2. The van der Waals surface area contributed by atoms with Crippen molar-refractivity contribution in [2.45, 2.75) is 19.9 Å². The first kappa shape index (κ1) is 19.0. The van der Waals surface area contributed by atoms with E-state index >= 15 is 0 Å². The number of ether oxygens (including phenoxy) is 1. The molecular formula is C20H17BrN2O4. The summed E-state index contributed by atoms with van der Waals surface area (Å²) in [6.07, 6.45) is 1.38. The van der Waals surface area contributed by atoms with E-state index in [9.17, 15) is 14.4 Å². The number of aryl methyl sites for hydroxylation is 2. The summed E-state index contributed by atoms with van der Waals surface area (Å²) in [7, 11) is 0. The molecule has 0 fully saturated rings. The maximum absolute atomic E-state index is 12.5. The molecule has 0 unspecified atom stereocenters. The Morgan fingerprint density at radius 1 is 1.15 bits per heavy atom. The van der Waals surface area contributed by atoms with E-state index in [0.717, 1.165) is 10.0 Å². The first-order chi connectivity index (χ1) is 12.9. The van der Waals surface area contributed by atoms with E-state index in [1.165, 1.54) is 10.9 Å². The van der Waals surface area contributed by atoms with Crippen LogP contribution >= 0.6 is 15.9 Å². The maximum Gasteiger partial charge on any atom is 0.308 e. The molecule has 0 aliphatic rings. The number of ketones is 1. The average Bonchev–Trinajstić information content (AvgIpc) is 2.66. The van der Waals surface area contributed by atoms with Crippen LogP contribution in [0.25, 0.3) is 10.9 Å². The Hall–Kier alpha value is -2.80. The molecule has 0 radical (unpaired) electrons. The van der Waals surface area contributed by atoms with Gasteiger partial charge in [-0.15, -0.1) is 0 Å². The van der Waals surface area contributed by atoms with Crippen LogP contribution in [-0.4, -0.2) is 27.9 Å². The lowest BCUT2D eigenvalue weighted by atomic mass is 10.1. The van der Waals surface area contributed by atoms with Crippen molar-refractivity contribution >= 4 is 38.6 Å². The highest BCUT2D eigenvalue weighted by atomic mass is 79.9. The predicted octanol–water partition coefficient (Wildman–Crippen LogP) is 3.28. The van der Waals surface area contributed by atoms with Crippen LogP contribution in [-0.2, 0) is 16.1 Å². The summed E-state index contributed by atoms with van der Waals surface area (Å²) in [4.78, 5) is 40.6. The lowest BCUT2D eigenvalue weighted by Gasteiger charge is -2.07. The van der Waals surface area contributed by atoms with Gasteiger partial charge in [0, 0.05) is 16.6 Å². The van der Waals surface area contributed by atoms with E-state index < -0.39 is 5.97 Å². The van der Waals surface area contributed by atoms with Crippen LogP contribution in [0.3, 0.4) is 0 Å². The number of halogens is 1. The molecule has 6 nitrogen and oxygen atoms in total. The Bertz CT molecular complexity index is 1060. The first-order valence-corrected chi connectivity index (χ1v) is 9.13. The summed E-state index contributed by atoms with van der Waals surface area (Å²) in [5, 5.41) is 0.467. The zero-order valence-electron chi connectivity index (χ0n) is 14.6. The van der Waals surface area contributed by atoms with E-state index in [1.54, 1.807) is 24.3 Å². The molecule has 0 N–H and O–H groups in total. The summed E-state index contributed by atoms with van der Waals surface area (Å²) in [5.74, 6) is -0.811. The van der Waals surface area contributed by atoms with Gasteiger partial charge in [0.1, 0.15) is 0 Å². The molecule has 27 heavy (non-hydrogen) atoms. The fraction of sp³-hybridized carbons (Fsp3) is 0.200. The Morgan fingerprint density at radius 2 is 1.89 bits per heavy atom. The second kappa shape index (κ2) is 8.26. The Kier molecular flexibility index (Phi) is 5.81. The first-order valence-electron chi connectivity index (χ1n) is 8.34. The molecule has 1 heterocycles. The normalized spacial score (nSPS) is 10.7. The Morgan fingerprint density at radius 3 is 2.63 bits per heavy atom. The van der Waals surface area contributed by atoms with Gasteiger partial charge in [-0.05, 0) is 25.1 Å². The molecule has 0 bridgehead atoms. The van der Waals surface area contributed by atoms with Gasteiger partial charge in [-0.1, -0.05) is 45.8 Å². The van der Waals surface area contributed by atoms with Crippen molar-refractivity contribution in [1.29, 1.82) is 0 Å². The Labute approximate surface area is 163 Å². The monoisotopic (exact) mass is 428 g/mol. The predicted molar refractivity (Wildman–Crippen MR) is 105 cm³/mol. The third-order valence-electron chi connectivity index (χ3n) is 4.08. The van der Waals surface area contributed by atoms with Gasteiger partial charge in [-0.3, -0.25) is 19.0 Å². The van der Waals surface area contributed by atoms with Crippen LogP contribution in [0.5, 0.6) is 0 Å². The van der Waals surface area contributed by atoms with Crippen molar-refractivity contribution in [3.05, 3.63) is 74.7 Å². The van der Waals surface area contributed by atoms with Crippen molar-refractivity contribution in [3.63, 3.8) is 0 Å². The molecule has 3 aromatic rings. The lowest BCUT2D eigenvalue weighted by molar-refractivity contribution is -0.142. The van der Waals surface area contributed by atoms with Crippen LogP contribution in [0.4, 0.5) is 0 Å². The zero-order valence-corrected chi connectivity index (χ0v) is 16.2. The fourth-order valence-corrected chi connectivity index (χ4v) is 2.90. The van der Waals surface area contributed by atoms with Gasteiger partial charge in [-0.2, -0.15) is 0 Å². The number of aromatic nitrogens is 2. The fourth-order valence-electron chi connectivity index (χ4n) is 2.54. The van der Waals surface area contributed by atoms with Gasteiger partial charge >= 0.3 is 5.97 Å². The van der Waals surface area contributed by atoms with Crippen molar-refractivity contribution in [2.24, 2.45) is 0 Å². The zero-order chi connectivity index (χ0) is 19.4. The largest absolute Gasteiger partial charge is 0.457 e. The van der Waals surface area contributed by atoms with Crippen molar-refractivity contribution < 1.29 is 14.3 Å². The number of rotatable bonds is 6. The van der Waals surface area contributed by atoms with Crippen LogP contribution in [0.1, 0.15) is 22.3 Å². The van der Waals surface area contributed by atoms with Gasteiger partial charge < -0.3 is 4.74 Å². The number of hydrogen-bond acceptors (Lipinski definition) is 5. The quantitative estimate of drug-likeness (QED) is 0.444. The minimum atomic E-state index is -0.545. The smallest absolute Gasteiger partial charge is 0.308 e. The second-order valence-corrected chi connectivity index (χ2v) is 7.02. The highest BCUT2D eigenvalue weighted by molar-refractivity contribution is 9.10. The van der Waals surface area contributed by atoms with Crippen LogP contribution in [0.2, 0.25) is 0 Å². The number of carbonyl (C=O) groups excluding carboxylic acids is 2. The van der Waals surface area contributed by atoms with E-state index in [-0.39, 0.29) is 30.9 Å². The number of hydrogen-bond donors (Lipinski definition) is 0. The number of esters is 1. The minimum absolute atomic E-state index is 0.0255. The second-order valence-electron chi connectivity index (χ2n) is 6.10. The number of fused-ring (bicyclic) bond motifs is 1. The van der Waals surface area contributed by atoms with Crippen LogP contribution in [0, 0.1) is 6.92 Å².